The molecule has 0 atom stereocenters. The van der Waals surface area contributed by atoms with Gasteiger partial charge in [0.25, 0.3) is 0 Å². The molecule has 0 bridgehead atoms. The van der Waals surface area contributed by atoms with Crippen LogP contribution in [-0.2, 0) is 6.54 Å². The van der Waals surface area contributed by atoms with Crippen molar-refractivity contribution < 1.29 is 0 Å². The van der Waals surface area contributed by atoms with Crippen molar-refractivity contribution >= 4 is 16.9 Å². The number of hydrogen-bond donors (Lipinski definition) is 3. The number of anilines is 1. The zero-order valence-corrected chi connectivity index (χ0v) is 15.0. The van der Waals surface area contributed by atoms with Crippen molar-refractivity contribution in [1.82, 2.24) is 19.9 Å². The Bertz CT molecular complexity index is 952. The van der Waals surface area contributed by atoms with Gasteiger partial charge in [0.05, 0.1) is 11.0 Å². The highest BCUT2D eigenvalue weighted by Crippen LogP contribution is 2.41. The molecule has 5 rings (SSSR count). The molecular formula is C20H24N6. The fourth-order valence-corrected chi connectivity index (χ4v) is 3.70. The number of nitrogens with zero attached hydrogens (tertiary/aromatic N) is 3. The van der Waals surface area contributed by atoms with Gasteiger partial charge < -0.3 is 16.0 Å². The molecule has 2 fully saturated rings. The van der Waals surface area contributed by atoms with E-state index in [1.165, 1.54) is 18.4 Å². The molecule has 0 unspecified atom stereocenters. The van der Waals surface area contributed by atoms with Crippen LogP contribution >= 0.6 is 0 Å². The van der Waals surface area contributed by atoms with Crippen molar-refractivity contribution in [2.24, 2.45) is 5.73 Å². The highest BCUT2D eigenvalue weighted by molar-refractivity contribution is 5.75. The Balaban J connectivity index is 1.36. The van der Waals surface area contributed by atoms with E-state index in [1.807, 2.05) is 6.92 Å². The molecule has 2 aliphatic carbocycles. The predicted molar refractivity (Wildman–Crippen MR) is 102 cm³/mol. The van der Waals surface area contributed by atoms with Gasteiger partial charge in [-0.05, 0) is 50.3 Å². The summed E-state index contributed by atoms with van der Waals surface area (Å²) in [5, 5.41) is 3.49. The highest BCUT2D eigenvalue weighted by Gasteiger charge is 2.32. The molecule has 2 aromatic heterocycles. The van der Waals surface area contributed by atoms with Crippen LogP contribution in [0.1, 0.15) is 60.4 Å². The molecule has 26 heavy (non-hydrogen) atoms. The Hall–Kier alpha value is -2.47. The van der Waals surface area contributed by atoms with E-state index < -0.39 is 0 Å². The maximum atomic E-state index is 5.97. The average Bonchev–Trinajstić information content (AvgIpc) is 3.38. The first-order valence-corrected chi connectivity index (χ1v) is 9.47. The molecule has 0 radical (unpaired) electrons. The van der Waals surface area contributed by atoms with Crippen molar-refractivity contribution in [1.29, 1.82) is 0 Å². The second-order valence-corrected chi connectivity index (χ2v) is 7.77. The van der Waals surface area contributed by atoms with E-state index in [0.717, 1.165) is 53.6 Å². The van der Waals surface area contributed by atoms with E-state index >= 15 is 0 Å². The molecule has 0 aliphatic heterocycles. The number of H-pyrrole nitrogens is 1. The van der Waals surface area contributed by atoms with Gasteiger partial charge in [0, 0.05) is 36.2 Å². The van der Waals surface area contributed by atoms with E-state index in [0.29, 0.717) is 17.9 Å². The standard InChI is InChI=1S/C20H24N6/c1-11-23-16-5-2-12(6-18(16)24-11)10-22-19-9-17(14-7-15(21)8-14)25-20(26-19)13-3-4-13/h2,5-6,9,13-15H,3-4,7-8,10,21H2,1H3,(H,23,24)(H,22,25,26). The molecule has 4 N–H and O–H groups in total. The summed E-state index contributed by atoms with van der Waals surface area (Å²) in [5.74, 6) is 3.92. The van der Waals surface area contributed by atoms with Gasteiger partial charge in [-0.3, -0.25) is 0 Å². The normalized spacial score (nSPS) is 22.4. The van der Waals surface area contributed by atoms with Gasteiger partial charge in [-0.1, -0.05) is 6.07 Å². The largest absolute Gasteiger partial charge is 0.366 e. The maximum absolute atomic E-state index is 5.97. The molecule has 6 heteroatoms. The minimum atomic E-state index is 0.334. The Morgan fingerprint density at radius 3 is 2.73 bits per heavy atom. The van der Waals surface area contributed by atoms with Crippen molar-refractivity contribution in [3.8, 4) is 0 Å². The van der Waals surface area contributed by atoms with E-state index in [-0.39, 0.29) is 0 Å². The summed E-state index contributed by atoms with van der Waals surface area (Å²) in [6.45, 7) is 2.71. The van der Waals surface area contributed by atoms with Crippen LogP contribution < -0.4 is 11.1 Å². The second kappa shape index (κ2) is 6.06. The number of imidazole rings is 1. The first kappa shape index (κ1) is 15.8. The summed E-state index contributed by atoms with van der Waals surface area (Å²) in [6.07, 6.45) is 4.50. The quantitative estimate of drug-likeness (QED) is 0.657. The average molecular weight is 348 g/mol. The van der Waals surface area contributed by atoms with Crippen molar-refractivity contribution in [2.45, 2.75) is 57.0 Å². The number of aromatic nitrogens is 4. The minimum Gasteiger partial charge on any atom is -0.366 e. The van der Waals surface area contributed by atoms with Gasteiger partial charge in [0.2, 0.25) is 0 Å². The summed E-state index contributed by atoms with van der Waals surface area (Å²) >= 11 is 0. The van der Waals surface area contributed by atoms with Gasteiger partial charge in [-0.2, -0.15) is 0 Å². The molecule has 0 spiro atoms. The van der Waals surface area contributed by atoms with Crippen LogP contribution in [0.25, 0.3) is 11.0 Å². The molecule has 0 amide bonds. The van der Waals surface area contributed by atoms with Crippen LogP contribution in [0.15, 0.2) is 24.3 Å². The fraction of sp³-hybridized carbons (Fsp3) is 0.450. The second-order valence-electron chi connectivity index (χ2n) is 7.77. The van der Waals surface area contributed by atoms with Crippen LogP contribution in [0.5, 0.6) is 0 Å². The van der Waals surface area contributed by atoms with E-state index in [2.05, 4.69) is 39.6 Å². The van der Waals surface area contributed by atoms with Gasteiger partial charge in [-0.15, -0.1) is 0 Å². The molecule has 134 valence electrons. The number of benzene rings is 1. The molecule has 2 saturated carbocycles. The summed E-state index contributed by atoms with van der Waals surface area (Å²) in [6, 6.07) is 8.77. The van der Waals surface area contributed by atoms with Crippen LogP contribution in [0, 0.1) is 6.92 Å². The van der Waals surface area contributed by atoms with Gasteiger partial charge in [-0.25, -0.2) is 15.0 Å². The number of aryl methyl sites for hydroxylation is 1. The van der Waals surface area contributed by atoms with E-state index in [4.69, 9.17) is 15.7 Å². The van der Waals surface area contributed by atoms with Crippen LogP contribution in [0.4, 0.5) is 5.82 Å². The van der Waals surface area contributed by atoms with Crippen molar-refractivity contribution in [3.05, 3.63) is 47.2 Å². The lowest BCUT2D eigenvalue weighted by Crippen LogP contribution is -2.35. The van der Waals surface area contributed by atoms with Crippen LogP contribution in [0.3, 0.4) is 0 Å². The fourth-order valence-electron chi connectivity index (χ4n) is 3.70. The lowest BCUT2D eigenvalue weighted by atomic mass is 9.78. The Kier molecular flexibility index (Phi) is 3.67. The molecule has 3 aromatic rings. The van der Waals surface area contributed by atoms with Crippen molar-refractivity contribution in [3.63, 3.8) is 0 Å². The SMILES string of the molecule is Cc1nc2ccc(CNc3cc(C4CC(N)C4)nc(C4CC4)n3)cc2[nH]1. The van der Waals surface area contributed by atoms with Crippen LogP contribution in [-0.4, -0.2) is 26.0 Å². The number of rotatable bonds is 5. The van der Waals surface area contributed by atoms with E-state index in [1.54, 1.807) is 0 Å². The number of fused-ring (bicyclic) bond motifs is 1. The molecule has 6 nitrogen and oxygen atoms in total. The first-order valence-electron chi connectivity index (χ1n) is 9.47. The summed E-state index contributed by atoms with van der Waals surface area (Å²) in [7, 11) is 0. The third kappa shape index (κ3) is 3.05. The Morgan fingerprint density at radius 2 is 1.96 bits per heavy atom. The summed E-state index contributed by atoms with van der Waals surface area (Å²) < 4.78 is 0. The van der Waals surface area contributed by atoms with Gasteiger partial charge >= 0.3 is 0 Å². The lowest BCUT2D eigenvalue weighted by molar-refractivity contribution is 0.344. The van der Waals surface area contributed by atoms with Crippen molar-refractivity contribution in [2.75, 3.05) is 5.32 Å². The van der Waals surface area contributed by atoms with E-state index in [9.17, 15) is 0 Å². The zero-order chi connectivity index (χ0) is 17.7. The Labute approximate surface area is 152 Å². The van der Waals surface area contributed by atoms with Crippen LogP contribution in [0.2, 0.25) is 0 Å². The monoisotopic (exact) mass is 348 g/mol. The number of hydrogen-bond acceptors (Lipinski definition) is 5. The molecular weight excluding hydrogens is 324 g/mol. The summed E-state index contributed by atoms with van der Waals surface area (Å²) in [5.41, 5.74) is 10.4. The smallest absolute Gasteiger partial charge is 0.134 e. The summed E-state index contributed by atoms with van der Waals surface area (Å²) in [4.78, 5) is 17.3. The minimum absolute atomic E-state index is 0.334. The Morgan fingerprint density at radius 1 is 1.12 bits per heavy atom. The third-order valence-corrected chi connectivity index (χ3v) is 5.44. The topological polar surface area (TPSA) is 92.5 Å². The number of nitrogens with one attached hydrogen (secondary N) is 2. The lowest BCUT2D eigenvalue weighted by Gasteiger charge is -2.32. The molecule has 2 heterocycles. The maximum Gasteiger partial charge on any atom is 0.134 e. The van der Waals surface area contributed by atoms with Gasteiger partial charge in [0.1, 0.15) is 17.5 Å². The molecule has 1 aromatic carbocycles. The third-order valence-electron chi connectivity index (χ3n) is 5.44. The first-order chi connectivity index (χ1) is 12.6. The van der Waals surface area contributed by atoms with Gasteiger partial charge in [0.15, 0.2) is 0 Å². The molecule has 0 saturated heterocycles. The highest BCUT2D eigenvalue weighted by atomic mass is 15.0. The zero-order valence-electron chi connectivity index (χ0n) is 15.0. The number of aromatic amines is 1. The number of nitrogens with two attached hydrogens (primary N) is 1. The molecule has 2 aliphatic rings. The predicted octanol–water partition coefficient (Wildman–Crippen LogP) is 3.36.